The smallest absolute Gasteiger partial charge is 0.0310 e. The summed E-state index contributed by atoms with van der Waals surface area (Å²) in [5.41, 5.74) is 2.35. The molecule has 0 amide bonds. The molecule has 0 radical (unpaired) electrons. The normalized spacial score (nSPS) is 44.7. The highest BCUT2D eigenvalue weighted by atomic mass is 15.2. The maximum absolute atomic E-state index is 2.97. The molecule has 4 heterocycles. The van der Waals surface area contributed by atoms with Crippen molar-refractivity contribution in [1.29, 1.82) is 0 Å². The molecule has 4 aliphatic heterocycles. The summed E-state index contributed by atoms with van der Waals surface area (Å²) in [5.74, 6) is 1.87. The summed E-state index contributed by atoms with van der Waals surface area (Å²) in [6, 6.07) is 0.759. The number of fused-ring (bicyclic) bond motifs is 1. The van der Waals surface area contributed by atoms with E-state index in [-0.39, 0.29) is 0 Å². The molecule has 1 saturated carbocycles. The Morgan fingerprint density at radius 2 is 1.60 bits per heavy atom. The monoisotopic (exact) mass is 408 g/mol. The summed E-state index contributed by atoms with van der Waals surface area (Å²) in [6.07, 6.45) is 30.3. The lowest BCUT2D eigenvalue weighted by atomic mass is 9.54. The minimum atomic E-state index is 0.543. The fraction of sp³-hybridized carbons (Fsp3) is 0.786. The van der Waals surface area contributed by atoms with Crippen molar-refractivity contribution >= 4 is 0 Å². The molecule has 2 heteroatoms. The van der Waals surface area contributed by atoms with Gasteiger partial charge in [0.25, 0.3) is 0 Å². The Balaban J connectivity index is 1.44. The molecule has 0 aromatic rings. The highest BCUT2D eigenvalue weighted by Crippen LogP contribution is 2.55. The van der Waals surface area contributed by atoms with Crippen LogP contribution in [0.2, 0.25) is 0 Å². The number of nitrogens with zero attached hydrogens (tertiary/aromatic N) is 2. The molecule has 166 valence electrons. The van der Waals surface area contributed by atoms with Crippen LogP contribution in [0.15, 0.2) is 36.0 Å². The summed E-state index contributed by atoms with van der Waals surface area (Å²) in [6.45, 7) is 6.80. The van der Waals surface area contributed by atoms with Crippen molar-refractivity contribution in [2.75, 3.05) is 32.7 Å². The van der Waals surface area contributed by atoms with Crippen LogP contribution in [0, 0.1) is 17.3 Å². The summed E-state index contributed by atoms with van der Waals surface area (Å²) < 4.78 is 0. The molecule has 1 aliphatic carbocycles. The van der Waals surface area contributed by atoms with Crippen LogP contribution in [-0.2, 0) is 0 Å². The zero-order valence-corrected chi connectivity index (χ0v) is 19.2. The number of rotatable bonds is 0. The predicted molar refractivity (Wildman–Crippen MR) is 128 cm³/mol. The lowest BCUT2D eigenvalue weighted by Crippen LogP contribution is -2.66. The van der Waals surface area contributed by atoms with E-state index in [2.05, 4.69) is 40.2 Å². The fourth-order valence-corrected chi connectivity index (χ4v) is 7.67. The summed E-state index contributed by atoms with van der Waals surface area (Å²) in [7, 11) is 0. The van der Waals surface area contributed by atoms with Crippen LogP contribution in [0.1, 0.15) is 83.5 Å². The predicted octanol–water partition coefficient (Wildman–Crippen LogP) is 6.36. The van der Waals surface area contributed by atoms with Crippen molar-refractivity contribution in [3.05, 3.63) is 36.0 Å². The Kier molecular flexibility index (Phi) is 6.82. The second-order valence-corrected chi connectivity index (χ2v) is 11.1. The maximum atomic E-state index is 2.97. The van der Waals surface area contributed by atoms with Gasteiger partial charge in [0.15, 0.2) is 0 Å². The zero-order chi connectivity index (χ0) is 20.2. The Bertz CT molecular complexity index is 662. The first-order valence-corrected chi connectivity index (χ1v) is 13.3. The molecule has 0 aromatic heterocycles. The van der Waals surface area contributed by atoms with Crippen molar-refractivity contribution in [2.24, 2.45) is 17.3 Å². The highest BCUT2D eigenvalue weighted by molar-refractivity contribution is 5.23. The summed E-state index contributed by atoms with van der Waals surface area (Å²) >= 11 is 0. The van der Waals surface area contributed by atoms with E-state index in [1.54, 1.807) is 5.57 Å². The molecule has 1 spiro atoms. The first kappa shape index (κ1) is 21.0. The van der Waals surface area contributed by atoms with Gasteiger partial charge in [0.05, 0.1) is 0 Å². The Hall–Kier alpha value is -0.860. The van der Waals surface area contributed by atoms with Crippen LogP contribution < -0.4 is 0 Å². The van der Waals surface area contributed by atoms with Crippen LogP contribution in [-0.4, -0.2) is 48.6 Å². The summed E-state index contributed by atoms with van der Waals surface area (Å²) in [5, 5.41) is 0. The van der Waals surface area contributed by atoms with Gasteiger partial charge in [0, 0.05) is 25.7 Å². The molecule has 1 unspecified atom stereocenters. The van der Waals surface area contributed by atoms with Gasteiger partial charge in [-0.2, -0.15) is 0 Å². The van der Waals surface area contributed by atoms with E-state index >= 15 is 0 Å². The van der Waals surface area contributed by atoms with Gasteiger partial charge in [0.1, 0.15) is 0 Å². The van der Waals surface area contributed by atoms with Crippen LogP contribution >= 0.6 is 0 Å². The third-order valence-corrected chi connectivity index (χ3v) is 9.07. The van der Waals surface area contributed by atoms with E-state index < -0.39 is 0 Å². The Morgan fingerprint density at radius 3 is 2.57 bits per heavy atom. The topological polar surface area (TPSA) is 6.48 Å². The largest absolute Gasteiger partial charge is 0.302 e. The molecule has 5 aliphatic rings. The van der Waals surface area contributed by atoms with Gasteiger partial charge in [-0.3, -0.25) is 4.90 Å². The number of piperidine rings is 2. The van der Waals surface area contributed by atoms with Gasteiger partial charge in [-0.1, -0.05) is 48.8 Å². The summed E-state index contributed by atoms with van der Waals surface area (Å²) in [4.78, 5) is 5.89. The second-order valence-electron chi connectivity index (χ2n) is 11.1. The van der Waals surface area contributed by atoms with Crippen molar-refractivity contribution in [1.82, 2.24) is 9.80 Å². The van der Waals surface area contributed by atoms with Gasteiger partial charge < -0.3 is 4.90 Å². The SMILES string of the molecule is C1=C\CC[C@]23CN(CCCCCC/1)C[C@@H]1C/C4=C\C/C=C/CCCCN(C2)[C@@H]4C[C@@H]13. The van der Waals surface area contributed by atoms with E-state index in [1.807, 2.05) is 0 Å². The fourth-order valence-electron chi connectivity index (χ4n) is 7.67. The zero-order valence-electron chi connectivity index (χ0n) is 19.2. The first-order chi connectivity index (χ1) is 14.8. The molecule has 2 nitrogen and oxygen atoms in total. The Labute approximate surface area is 185 Å². The van der Waals surface area contributed by atoms with Gasteiger partial charge in [-0.25, -0.2) is 0 Å². The van der Waals surface area contributed by atoms with Crippen LogP contribution in [0.25, 0.3) is 0 Å². The lowest BCUT2D eigenvalue weighted by molar-refractivity contribution is -0.108. The van der Waals surface area contributed by atoms with E-state index in [0.717, 1.165) is 24.3 Å². The van der Waals surface area contributed by atoms with Crippen molar-refractivity contribution in [3.8, 4) is 0 Å². The van der Waals surface area contributed by atoms with E-state index in [9.17, 15) is 0 Å². The van der Waals surface area contributed by atoms with Crippen LogP contribution in [0.3, 0.4) is 0 Å². The molecular formula is C28H44N2. The molecule has 0 aromatic carbocycles. The van der Waals surface area contributed by atoms with Gasteiger partial charge in [-0.05, 0) is 101 Å². The van der Waals surface area contributed by atoms with Crippen molar-refractivity contribution in [3.63, 3.8) is 0 Å². The molecular weight excluding hydrogens is 364 g/mol. The van der Waals surface area contributed by atoms with Gasteiger partial charge in [-0.15, -0.1) is 0 Å². The number of allylic oxidation sites excluding steroid dienone is 5. The maximum Gasteiger partial charge on any atom is 0.0310 e. The molecule has 5 atom stereocenters. The quantitative estimate of drug-likeness (QED) is 0.431. The van der Waals surface area contributed by atoms with Gasteiger partial charge in [0.2, 0.25) is 0 Å². The van der Waals surface area contributed by atoms with Crippen LogP contribution in [0.4, 0.5) is 0 Å². The highest BCUT2D eigenvalue weighted by Gasteiger charge is 2.55. The minimum Gasteiger partial charge on any atom is -0.302 e. The first-order valence-electron chi connectivity index (χ1n) is 13.3. The average Bonchev–Trinajstić information content (AvgIpc) is 2.78. The van der Waals surface area contributed by atoms with E-state index in [4.69, 9.17) is 0 Å². The molecule has 4 bridgehead atoms. The number of hydrogen-bond donors (Lipinski definition) is 0. The molecule has 5 rings (SSSR count). The second kappa shape index (κ2) is 9.74. The molecule has 0 N–H and O–H groups in total. The van der Waals surface area contributed by atoms with Crippen molar-refractivity contribution < 1.29 is 0 Å². The van der Waals surface area contributed by atoms with E-state index in [0.29, 0.717) is 5.41 Å². The molecule has 30 heavy (non-hydrogen) atoms. The Morgan fingerprint density at radius 1 is 0.800 bits per heavy atom. The third-order valence-electron chi connectivity index (χ3n) is 9.07. The van der Waals surface area contributed by atoms with Gasteiger partial charge >= 0.3 is 0 Å². The average molecular weight is 409 g/mol. The minimum absolute atomic E-state index is 0.543. The molecule has 2 saturated heterocycles. The third kappa shape index (κ3) is 4.51. The number of hydrogen-bond acceptors (Lipinski definition) is 2. The van der Waals surface area contributed by atoms with E-state index in [1.165, 1.54) is 110 Å². The van der Waals surface area contributed by atoms with Crippen LogP contribution in [0.5, 0.6) is 0 Å². The van der Waals surface area contributed by atoms with Crippen molar-refractivity contribution in [2.45, 2.75) is 89.5 Å². The molecule has 3 fully saturated rings. The lowest BCUT2D eigenvalue weighted by Gasteiger charge is -2.62. The standard InChI is InChI=1S/C28H44N2/c1-2-5-9-13-17-29-21-25-19-24-15-11-7-3-6-10-14-18-30-23-28(22-29,16-12-8-4-1)26(25)20-27(24)30/h3-4,7-8,15,25-27H,1-2,5-6,9-14,16-23H2/b7-3+,8-4-,24-15+/t25-,26-,27+,28-/m0/s1.